The standard InChI is InChI=1S/C16H25NO3/c1-10-6-7-11(2)12(8-10)15(20)13(9-14(18)19)17-16(3,4)5/h6-8,13,15,17,20H,9H2,1-5H3,(H,18,19). The molecule has 0 saturated carbocycles. The molecule has 1 rings (SSSR count). The predicted molar refractivity (Wildman–Crippen MR) is 79.8 cm³/mol. The molecule has 3 N–H and O–H groups in total. The van der Waals surface area contributed by atoms with Crippen molar-refractivity contribution >= 4 is 5.97 Å². The highest BCUT2D eigenvalue weighted by Gasteiger charge is 2.28. The molecule has 112 valence electrons. The van der Waals surface area contributed by atoms with Crippen LogP contribution in [0.2, 0.25) is 0 Å². The fraction of sp³-hybridized carbons (Fsp3) is 0.562. The van der Waals surface area contributed by atoms with Gasteiger partial charge in [-0.3, -0.25) is 4.79 Å². The highest BCUT2D eigenvalue weighted by Crippen LogP contribution is 2.25. The molecule has 2 atom stereocenters. The largest absolute Gasteiger partial charge is 0.481 e. The van der Waals surface area contributed by atoms with E-state index < -0.39 is 18.1 Å². The summed E-state index contributed by atoms with van der Waals surface area (Å²) >= 11 is 0. The van der Waals surface area contributed by atoms with Crippen LogP contribution in [-0.4, -0.2) is 27.8 Å². The van der Waals surface area contributed by atoms with Crippen LogP contribution in [0.25, 0.3) is 0 Å². The zero-order chi connectivity index (χ0) is 15.5. The molecule has 0 aromatic heterocycles. The molecule has 0 bridgehead atoms. The summed E-state index contributed by atoms with van der Waals surface area (Å²) < 4.78 is 0. The first kappa shape index (κ1) is 16.7. The van der Waals surface area contributed by atoms with E-state index in [2.05, 4.69) is 5.32 Å². The minimum atomic E-state index is -0.920. The minimum absolute atomic E-state index is 0.119. The number of carbonyl (C=O) groups is 1. The van der Waals surface area contributed by atoms with Gasteiger partial charge in [-0.15, -0.1) is 0 Å². The molecule has 20 heavy (non-hydrogen) atoms. The van der Waals surface area contributed by atoms with Gasteiger partial charge >= 0.3 is 5.97 Å². The summed E-state index contributed by atoms with van der Waals surface area (Å²) in [6.45, 7) is 9.75. The van der Waals surface area contributed by atoms with Crippen LogP contribution >= 0.6 is 0 Å². The predicted octanol–water partition coefficient (Wildman–Crippen LogP) is 2.57. The molecule has 1 aromatic rings. The van der Waals surface area contributed by atoms with E-state index in [4.69, 9.17) is 5.11 Å². The van der Waals surface area contributed by atoms with Crippen molar-refractivity contribution in [3.05, 3.63) is 34.9 Å². The number of aliphatic hydroxyl groups is 1. The first-order valence-corrected chi connectivity index (χ1v) is 6.85. The van der Waals surface area contributed by atoms with Crippen LogP contribution in [0.15, 0.2) is 18.2 Å². The monoisotopic (exact) mass is 279 g/mol. The highest BCUT2D eigenvalue weighted by molar-refractivity contribution is 5.67. The number of carboxylic acid groups (broad SMARTS) is 1. The van der Waals surface area contributed by atoms with Crippen molar-refractivity contribution in [3.8, 4) is 0 Å². The molecule has 4 heteroatoms. The highest BCUT2D eigenvalue weighted by atomic mass is 16.4. The number of carboxylic acids is 1. The molecule has 2 unspecified atom stereocenters. The number of aliphatic hydroxyl groups excluding tert-OH is 1. The average molecular weight is 279 g/mol. The normalized spacial score (nSPS) is 14.9. The van der Waals surface area contributed by atoms with Crippen molar-refractivity contribution in [1.29, 1.82) is 0 Å². The Bertz CT molecular complexity index is 477. The lowest BCUT2D eigenvalue weighted by Crippen LogP contribution is -2.47. The van der Waals surface area contributed by atoms with E-state index in [0.29, 0.717) is 0 Å². The summed E-state index contributed by atoms with van der Waals surface area (Å²) in [6, 6.07) is 5.32. The SMILES string of the molecule is Cc1ccc(C)c(C(O)C(CC(=O)O)NC(C)(C)C)c1. The summed E-state index contributed by atoms with van der Waals surface area (Å²) in [7, 11) is 0. The Labute approximate surface area is 120 Å². The van der Waals surface area contributed by atoms with Crippen LogP contribution in [0.4, 0.5) is 0 Å². The lowest BCUT2D eigenvalue weighted by Gasteiger charge is -2.31. The number of hydrogen-bond acceptors (Lipinski definition) is 3. The third-order valence-electron chi connectivity index (χ3n) is 3.15. The Morgan fingerprint density at radius 2 is 1.90 bits per heavy atom. The Morgan fingerprint density at radius 3 is 2.40 bits per heavy atom. The molecule has 0 heterocycles. The smallest absolute Gasteiger partial charge is 0.305 e. The van der Waals surface area contributed by atoms with Crippen LogP contribution in [0, 0.1) is 13.8 Å². The summed E-state index contributed by atoms with van der Waals surface area (Å²) in [5, 5.41) is 22.8. The maximum Gasteiger partial charge on any atom is 0.305 e. The van der Waals surface area contributed by atoms with Crippen LogP contribution in [0.3, 0.4) is 0 Å². The van der Waals surface area contributed by atoms with Gasteiger partial charge in [0.05, 0.1) is 12.5 Å². The number of nitrogens with one attached hydrogen (secondary N) is 1. The lowest BCUT2D eigenvalue weighted by atomic mass is 9.92. The van der Waals surface area contributed by atoms with Crippen molar-refractivity contribution < 1.29 is 15.0 Å². The third-order valence-corrected chi connectivity index (χ3v) is 3.15. The molecule has 0 aliphatic rings. The van der Waals surface area contributed by atoms with Crippen molar-refractivity contribution in [3.63, 3.8) is 0 Å². The Kier molecular flexibility index (Phi) is 5.31. The summed E-state index contributed by atoms with van der Waals surface area (Å²) in [5.41, 5.74) is 2.54. The fourth-order valence-electron chi connectivity index (χ4n) is 2.28. The molecule has 0 radical (unpaired) electrons. The number of rotatable bonds is 5. The quantitative estimate of drug-likeness (QED) is 0.775. The Balaban J connectivity index is 3.05. The number of aliphatic carboxylic acids is 1. The first-order chi connectivity index (χ1) is 9.10. The molecule has 0 fully saturated rings. The van der Waals surface area contributed by atoms with E-state index in [-0.39, 0.29) is 12.0 Å². The van der Waals surface area contributed by atoms with Gasteiger partial charge in [0.1, 0.15) is 0 Å². The van der Waals surface area contributed by atoms with Gasteiger partial charge in [0.2, 0.25) is 0 Å². The van der Waals surface area contributed by atoms with Gasteiger partial charge < -0.3 is 15.5 Å². The fourth-order valence-corrected chi connectivity index (χ4v) is 2.28. The molecular formula is C16H25NO3. The van der Waals surface area contributed by atoms with E-state index in [9.17, 15) is 9.90 Å². The minimum Gasteiger partial charge on any atom is -0.481 e. The lowest BCUT2D eigenvalue weighted by molar-refractivity contribution is -0.138. The Morgan fingerprint density at radius 1 is 1.30 bits per heavy atom. The molecule has 0 amide bonds. The van der Waals surface area contributed by atoms with E-state index >= 15 is 0 Å². The van der Waals surface area contributed by atoms with Gasteiger partial charge in [0.15, 0.2) is 0 Å². The number of hydrogen-bond donors (Lipinski definition) is 3. The average Bonchev–Trinajstić information content (AvgIpc) is 2.28. The van der Waals surface area contributed by atoms with Gasteiger partial charge in [0, 0.05) is 11.6 Å². The summed E-state index contributed by atoms with van der Waals surface area (Å²) in [6.07, 6.45) is -0.962. The van der Waals surface area contributed by atoms with Crippen LogP contribution < -0.4 is 5.32 Å². The molecule has 0 spiro atoms. The van der Waals surface area contributed by atoms with Gasteiger partial charge in [0.25, 0.3) is 0 Å². The zero-order valence-electron chi connectivity index (χ0n) is 12.9. The van der Waals surface area contributed by atoms with Crippen LogP contribution in [0.5, 0.6) is 0 Å². The topological polar surface area (TPSA) is 69.6 Å². The van der Waals surface area contributed by atoms with Gasteiger partial charge in [-0.1, -0.05) is 23.8 Å². The zero-order valence-corrected chi connectivity index (χ0v) is 12.9. The summed E-state index contributed by atoms with van der Waals surface area (Å²) in [4.78, 5) is 11.0. The Hall–Kier alpha value is -1.39. The van der Waals surface area contributed by atoms with Crippen molar-refractivity contribution in [2.45, 2.75) is 58.7 Å². The molecule has 0 aliphatic heterocycles. The van der Waals surface area contributed by atoms with Crippen molar-refractivity contribution in [2.24, 2.45) is 0 Å². The molecular weight excluding hydrogens is 254 g/mol. The van der Waals surface area contributed by atoms with Gasteiger partial charge in [-0.25, -0.2) is 0 Å². The molecule has 0 saturated heterocycles. The first-order valence-electron chi connectivity index (χ1n) is 6.85. The van der Waals surface area contributed by atoms with E-state index in [1.165, 1.54) is 0 Å². The van der Waals surface area contributed by atoms with Crippen molar-refractivity contribution in [1.82, 2.24) is 5.32 Å². The van der Waals surface area contributed by atoms with Gasteiger partial charge in [-0.2, -0.15) is 0 Å². The second kappa shape index (κ2) is 6.37. The molecule has 4 nitrogen and oxygen atoms in total. The van der Waals surface area contributed by atoms with E-state index in [0.717, 1.165) is 16.7 Å². The van der Waals surface area contributed by atoms with E-state index in [1.54, 1.807) is 0 Å². The van der Waals surface area contributed by atoms with Crippen LogP contribution in [0.1, 0.15) is 50.0 Å². The third kappa shape index (κ3) is 4.94. The van der Waals surface area contributed by atoms with Crippen molar-refractivity contribution in [2.75, 3.05) is 0 Å². The summed E-state index contributed by atoms with van der Waals surface area (Å²) in [5.74, 6) is -0.920. The van der Waals surface area contributed by atoms with E-state index in [1.807, 2.05) is 52.8 Å². The second-order valence-electron chi connectivity index (χ2n) is 6.40. The number of aryl methyl sites for hydroxylation is 2. The van der Waals surface area contributed by atoms with Gasteiger partial charge in [-0.05, 0) is 45.7 Å². The number of benzene rings is 1. The maximum absolute atomic E-state index is 11.0. The molecule has 0 aliphatic carbocycles. The second-order valence-corrected chi connectivity index (χ2v) is 6.40. The van der Waals surface area contributed by atoms with Crippen LogP contribution in [-0.2, 0) is 4.79 Å². The molecule has 1 aromatic carbocycles. The maximum atomic E-state index is 11.0.